The SMILES string of the molecule is CC1=C(O)C(=O)N(O)NN1. The number of hydrazine groups is 2. The number of aliphatic hydroxyl groups excluding tert-OH is 1. The first-order chi connectivity index (χ1) is 4.63. The normalized spacial score (nSPS) is 19.4. The molecular formula is C4H7N3O3. The van der Waals surface area contributed by atoms with E-state index in [1.165, 1.54) is 6.92 Å². The van der Waals surface area contributed by atoms with E-state index < -0.39 is 11.7 Å². The minimum Gasteiger partial charge on any atom is -0.502 e. The molecule has 1 amide bonds. The van der Waals surface area contributed by atoms with Crippen LogP contribution in [0.5, 0.6) is 0 Å². The Balaban J connectivity index is 2.88. The van der Waals surface area contributed by atoms with Crippen molar-refractivity contribution in [3.05, 3.63) is 11.5 Å². The van der Waals surface area contributed by atoms with E-state index in [9.17, 15) is 4.79 Å². The zero-order chi connectivity index (χ0) is 7.72. The summed E-state index contributed by atoms with van der Waals surface area (Å²) in [5, 5.41) is 17.6. The van der Waals surface area contributed by atoms with E-state index in [-0.39, 0.29) is 10.9 Å². The number of rotatable bonds is 0. The van der Waals surface area contributed by atoms with E-state index in [2.05, 4.69) is 11.0 Å². The molecule has 0 radical (unpaired) electrons. The van der Waals surface area contributed by atoms with Crippen molar-refractivity contribution >= 4 is 5.91 Å². The van der Waals surface area contributed by atoms with Crippen LogP contribution in [0.15, 0.2) is 11.5 Å². The molecule has 0 fully saturated rings. The van der Waals surface area contributed by atoms with Crippen molar-refractivity contribution in [3.63, 3.8) is 0 Å². The lowest BCUT2D eigenvalue weighted by molar-refractivity contribution is -0.185. The van der Waals surface area contributed by atoms with Gasteiger partial charge in [0.1, 0.15) is 0 Å². The number of carbonyl (C=O) groups is 1. The minimum absolute atomic E-state index is 0.155. The molecule has 1 aliphatic rings. The molecule has 10 heavy (non-hydrogen) atoms. The van der Waals surface area contributed by atoms with Crippen LogP contribution in [-0.2, 0) is 4.79 Å². The molecule has 0 aromatic carbocycles. The van der Waals surface area contributed by atoms with Crippen molar-refractivity contribution in [1.82, 2.24) is 16.1 Å². The van der Waals surface area contributed by atoms with Gasteiger partial charge < -0.3 is 10.5 Å². The van der Waals surface area contributed by atoms with Gasteiger partial charge in [0, 0.05) is 0 Å². The molecule has 1 aliphatic heterocycles. The third-order valence-electron chi connectivity index (χ3n) is 1.10. The van der Waals surface area contributed by atoms with E-state index in [4.69, 9.17) is 10.3 Å². The molecule has 56 valence electrons. The Kier molecular flexibility index (Phi) is 1.48. The van der Waals surface area contributed by atoms with Crippen LogP contribution in [0.4, 0.5) is 0 Å². The van der Waals surface area contributed by atoms with Gasteiger partial charge in [-0.15, -0.1) is 10.7 Å². The summed E-state index contributed by atoms with van der Waals surface area (Å²) in [6.07, 6.45) is 0. The highest BCUT2D eigenvalue weighted by atomic mass is 16.6. The summed E-state index contributed by atoms with van der Waals surface area (Å²) in [5.41, 5.74) is 4.70. The first kappa shape index (κ1) is 6.84. The van der Waals surface area contributed by atoms with Gasteiger partial charge in [-0.25, -0.2) is 0 Å². The zero-order valence-corrected chi connectivity index (χ0v) is 5.25. The number of hydrogen-bond donors (Lipinski definition) is 4. The molecule has 0 bridgehead atoms. The monoisotopic (exact) mass is 145 g/mol. The van der Waals surface area contributed by atoms with Crippen molar-refractivity contribution in [2.45, 2.75) is 6.92 Å². The van der Waals surface area contributed by atoms with Crippen LogP contribution in [0.2, 0.25) is 0 Å². The third-order valence-corrected chi connectivity index (χ3v) is 1.10. The van der Waals surface area contributed by atoms with Crippen molar-refractivity contribution in [2.75, 3.05) is 0 Å². The van der Waals surface area contributed by atoms with E-state index in [1.54, 1.807) is 0 Å². The lowest BCUT2D eigenvalue weighted by Gasteiger charge is -2.22. The number of nitrogens with zero attached hydrogens (tertiary/aromatic N) is 1. The van der Waals surface area contributed by atoms with E-state index >= 15 is 0 Å². The van der Waals surface area contributed by atoms with Crippen LogP contribution in [0, 0.1) is 0 Å². The third kappa shape index (κ3) is 0.893. The van der Waals surface area contributed by atoms with Crippen LogP contribution in [-0.4, -0.2) is 21.4 Å². The summed E-state index contributed by atoms with van der Waals surface area (Å²) in [6, 6.07) is 0. The van der Waals surface area contributed by atoms with Crippen molar-refractivity contribution < 1.29 is 15.1 Å². The maximum atomic E-state index is 10.6. The Morgan fingerprint density at radius 1 is 1.60 bits per heavy atom. The lowest BCUT2D eigenvalue weighted by Crippen LogP contribution is -2.52. The van der Waals surface area contributed by atoms with Crippen LogP contribution in [0.25, 0.3) is 0 Å². The van der Waals surface area contributed by atoms with Crippen molar-refractivity contribution in [2.24, 2.45) is 0 Å². The molecule has 6 nitrogen and oxygen atoms in total. The summed E-state index contributed by atoms with van der Waals surface area (Å²) in [7, 11) is 0. The second-order valence-corrected chi connectivity index (χ2v) is 1.83. The maximum Gasteiger partial charge on any atom is 0.330 e. The second kappa shape index (κ2) is 2.16. The number of allylic oxidation sites excluding steroid dienone is 1. The van der Waals surface area contributed by atoms with Crippen LogP contribution in [0.1, 0.15) is 6.92 Å². The van der Waals surface area contributed by atoms with Gasteiger partial charge in [0.05, 0.1) is 5.70 Å². The summed E-state index contributed by atoms with van der Waals surface area (Å²) in [4.78, 5) is 10.6. The van der Waals surface area contributed by atoms with Crippen molar-refractivity contribution in [1.29, 1.82) is 0 Å². The second-order valence-electron chi connectivity index (χ2n) is 1.83. The summed E-state index contributed by atoms with van der Waals surface area (Å²) >= 11 is 0. The molecule has 0 aliphatic carbocycles. The molecule has 6 heteroatoms. The van der Waals surface area contributed by atoms with Gasteiger partial charge >= 0.3 is 5.91 Å². The first-order valence-electron chi connectivity index (χ1n) is 2.57. The number of aliphatic hydroxyl groups is 1. The van der Waals surface area contributed by atoms with Gasteiger partial charge in [0.15, 0.2) is 0 Å². The van der Waals surface area contributed by atoms with Crippen LogP contribution in [0.3, 0.4) is 0 Å². The molecule has 0 saturated heterocycles. The predicted molar refractivity (Wildman–Crippen MR) is 30.2 cm³/mol. The van der Waals surface area contributed by atoms with Gasteiger partial charge in [-0.05, 0) is 6.92 Å². The van der Waals surface area contributed by atoms with Gasteiger partial charge in [-0.1, -0.05) is 0 Å². The number of hydroxylamine groups is 1. The Hall–Kier alpha value is -1.27. The van der Waals surface area contributed by atoms with Crippen molar-refractivity contribution in [3.8, 4) is 0 Å². The Morgan fingerprint density at radius 3 is 2.70 bits per heavy atom. The molecular weight excluding hydrogens is 138 g/mol. The molecule has 0 atom stereocenters. The van der Waals surface area contributed by atoms with Crippen LogP contribution >= 0.6 is 0 Å². The molecule has 0 saturated carbocycles. The number of nitrogens with one attached hydrogen (secondary N) is 2. The largest absolute Gasteiger partial charge is 0.502 e. The fraction of sp³-hybridized carbons (Fsp3) is 0.250. The highest BCUT2D eigenvalue weighted by Crippen LogP contribution is 2.02. The molecule has 0 unspecified atom stereocenters. The summed E-state index contributed by atoms with van der Waals surface area (Å²) in [5.74, 6) is -1.38. The summed E-state index contributed by atoms with van der Waals surface area (Å²) in [6.45, 7) is 1.49. The highest BCUT2D eigenvalue weighted by Gasteiger charge is 2.22. The molecule has 0 aromatic rings. The molecule has 4 N–H and O–H groups in total. The standard InChI is InChI=1S/C4H7N3O3/c1-2-3(8)4(9)7(10)6-5-2/h5-6,8,10H,1H3. The lowest BCUT2D eigenvalue weighted by atomic mass is 10.3. The predicted octanol–water partition coefficient (Wildman–Crippen LogP) is -0.983. The number of hydrogen-bond acceptors (Lipinski definition) is 5. The zero-order valence-electron chi connectivity index (χ0n) is 5.25. The molecule has 0 spiro atoms. The summed E-state index contributed by atoms with van der Waals surface area (Å²) < 4.78 is 0. The van der Waals surface area contributed by atoms with E-state index in [1.807, 2.05) is 0 Å². The molecule has 1 heterocycles. The highest BCUT2D eigenvalue weighted by molar-refractivity contribution is 5.90. The Labute approximate surface area is 56.6 Å². The Morgan fingerprint density at radius 2 is 2.20 bits per heavy atom. The molecule has 0 aromatic heterocycles. The van der Waals surface area contributed by atoms with Crippen LogP contribution < -0.4 is 11.0 Å². The number of carbonyl (C=O) groups excluding carboxylic acids is 1. The van der Waals surface area contributed by atoms with Gasteiger partial charge in [-0.3, -0.25) is 10.0 Å². The minimum atomic E-state index is -0.878. The fourth-order valence-electron chi connectivity index (χ4n) is 0.507. The number of amides is 1. The molecule has 1 rings (SSSR count). The first-order valence-corrected chi connectivity index (χ1v) is 2.57. The van der Waals surface area contributed by atoms with E-state index in [0.717, 1.165) is 0 Å². The topological polar surface area (TPSA) is 84.8 Å². The van der Waals surface area contributed by atoms with Gasteiger partial charge in [0.25, 0.3) is 0 Å². The van der Waals surface area contributed by atoms with Gasteiger partial charge in [0.2, 0.25) is 5.76 Å². The van der Waals surface area contributed by atoms with E-state index in [0.29, 0.717) is 0 Å². The smallest absolute Gasteiger partial charge is 0.330 e. The fourth-order valence-corrected chi connectivity index (χ4v) is 0.507. The Bertz CT molecular complexity index is 200. The quantitative estimate of drug-likeness (QED) is 0.329. The maximum absolute atomic E-state index is 10.6. The average Bonchev–Trinajstić information content (AvgIpc) is 1.93. The average molecular weight is 145 g/mol. The van der Waals surface area contributed by atoms with Gasteiger partial charge in [-0.2, -0.15) is 0 Å².